The second-order valence-electron chi connectivity index (χ2n) is 3.45. The van der Waals surface area contributed by atoms with Crippen LogP contribution < -0.4 is 15.9 Å². The van der Waals surface area contributed by atoms with Gasteiger partial charge in [-0.3, -0.25) is 10.4 Å². The fourth-order valence-corrected chi connectivity index (χ4v) is 1.34. The molecule has 7 heteroatoms. The number of hydrogen-bond donors (Lipinski definition) is 2. The summed E-state index contributed by atoms with van der Waals surface area (Å²) in [5, 5.41) is 3.98. The molecule has 0 aliphatic rings. The minimum absolute atomic E-state index is 0.114. The van der Waals surface area contributed by atoms with Crippen LogP contribution >= 0.6 is 12.2 Å². The molecule has 96 valence electrons. The van der Waals surface area contributed by atoms with Gasteiger partial charge in [0.25, 0.3) is 0 Å². The molecular weight excluding hydrogens is 262 g/mol. The zero-order valence-corrected chi connectivity index (χ0v) is 10.7. The molecule has 0 fully saturated rings. The Morgan fingerprint density at radius 2 is 2.32 bits per heavy atom. The number of nitrogens with one attached hydrogen (secondary N) is 1. The summed E-state index contributed by atoms with van der Waals surface area (Å²) in [6.07, 6.45) is 6.27. The van der Waals surface area contributed by atoms with E-state index in [9.17, 15) is 0 Å². The summed E-state index contributed by atoms with van der Waals surface area (Å²) in [5.74, 6) is 1.07. The average Bonchev–Trinajstić information content (AvgIpc) is 2.40. The highest BCUT2D eigenvalue weighted by molar-refractivity contribution is 7.80. The second kappa shape index (κ2) is 6.41. The number of hydrazone groups is 1. The molecule has 0 aliphatic heterocycles. The summed E-state index contributed by atoms with van der Waals surface area (Å²) >= 11 is 4.64. The quantitative estimate of drug-likeness (QED) is 0.498. The molecule has 3 N–H and O–H groups in total. The van der Waals surface area contributed by atoms with E-state index in [0.717, 1.165) is 5.56 Å². The van der Waals surface area contributed by atoms with E-state index in [-0.39, 0.29) is 5.11 Å². The maximum atomic E-state index is 5.54. The number of ether oxygens (including phenoxy) is 1. The number of nitrogens with zero attached hydrogens (tertiary/aromatic N) is 3. The predicted octanol–water partition coefficient (Wildman–Crippen LogP) is 1.44. The zero-order valence-electron chi connectivity index (χ0n) is 9.85. The van der Waals surface area contributed by atoms with Crippen LogP contribution in [0.25, 0.3) is 0 Å². The molecule has 1 aromatic carbocycles. The average molecular weight is 273 g/mol. The Morgan fingerprint density at radius 3 is 3.05 bits per heavy atom. The van der Waals surface area contributed by atoms with Crippen LogP contribution in [-0.2, 0) is 0 Å². The molecular formula is C12H11N5OS. The van der Waals surface area contributed by atoms with Crippen LogP contribution in [0.15, 0.2) is 48.0 Å². The van der Waals surface area contributed by atoms with Gasteiger partial charge in [-0.05, 0) is 29.9 Å². The Hall–Kier alpha value is -2.54. The lowest BCUT2D eigenvalue weighted by molar-refractivity contribution is 0.460. The number of aromatic nitrogens is 2. The largest absolute Gasteiger partial charge is 0.437 e. The molecule has 1 heterocycles. The first kappa shape index (κ1) is 12.9. The molecule has 0 aliphatic carbocycles. The molecule has 0 unspecified atom stereocenters. The third kappa shape index (κ3) is 4.32. The van der Waals surface area contributed by atoms with Crippen LogP contribution in [0, 0.1) is 0 Å². The maximum Gasteiger partial charge on any atom is 0.237 e. The summed E-state index contributed by atoms with van der Waals surface area (Å²) in [4.78, 5) is 7.94. The van der Waals surface area contributed by atoms with Gasteiger partial charge in [0, 0.05) is 12.4 Å². The molecule has 0 radical (unpaired) electrons. The van der Waals surface area contributed by atoms with Crippen LogP contribution in [0.2, 0.25) is 0 Å². The Bertz CT molecular complexity index is 588. The molecule has 0 atom stereocenters. The third-order valence-electron chi connectivity index (χ3n) is 2.01. The third-order valence-corrected chi connectivity index (χ3v) is 2.10. The first-order chi connectivity index (χ1) is 9.24. The minimum Gasteiger partial charge on any atom is -0.437 e. The number of thiocarbonyl (C=S) groups is 1. The molecule has 0 spiro atoms. The fourth-order valence-electron chi connectivity index (χ4n) is 1.29. The van der Waals surface area contributed by atoms with E-state index in [4.69, 9.17) is 10.5 Å². The molecule has 0 saturated carbocycles. The van der Waals surface area contributed by atoms with Crippen molar-refractivity contribution >= 4 is 23.5 Å². The highest BCUT2D eigenvalue weighted by Crippen LogP contribution is 2.18. The molecule has 0 amide bonds. The van der Waals surface area contributed by atoms with Crippen LogP contribution in [0.1, 0.15) is 5.56 Å². The van der Waals surface area contributed by atoms with Crippen molar-refractivity contribution in [3.8, 4) is 11.6 Å². The van der Waals surface area contributed by atoms with Gasteiger partial charge in [0.05, 0.1) is 12.4 Å². The SMILES string of the molecule is NC(=S)NN=Cc1cccc(Oc2cnccn2)c1. The van der Waals surface area contributed by atoms with Crippen molar-refractivity contribution in [1.82, 2.24) is 15.4 Å². The standard InChI is InChI=1S/C12H11N5OS/c13-12(19)17-16-7-9-2-1-3-10(6-9)18-11-8-14-4-5-15-11/h1-8H,(H3,13,17,19). The number of nitrogens with two attached hydrogens (primary N) is 1. The summed E-state index contributed by atoms with van der Waals surface area (Å²) in [7, 11) is 0. The first-order valence-corrected chi connectivity index (χ1v) is 5.77. The molecule has 0 saturated heterocycles. The highest BCUT2D eigenvalue weighted by atomic mass is 32.1. The van der Waals surface area contributed by atoms with Crippen molar-refractivity contribution < 1.29 is 4.74 Å². The van der Waals surface area contributed by atoms with Gasteiger partial charge in [0.15, 0.2) is 5.11 Å². The van der Waals surface area contributed by atoms with Crippen LogP contribution in [0.5, 0.6) is 11.6 Å². The number of hydrogen-bond acceptors (Lipinski definition) is 5. The maximum absolute atomic E-state index is 5.54. The van der Waals surface area contributed by atoms with Gasteiger partial charge >= 0.3 is 0 Å². The minimum atomic E-state index is 0.114. The van der Waals surface area contributed by atoms with E-state index < -0.39 is 0 Å². The van der Waals surface area contributed by atoms with Gasteiger partial charge < -0.3 is 10.5 Å². The zero-order chi connectivity index (χ0) is 13.5. The van der Waals surface area contributed by atoms with Crippen LogP contribution in [0.3, 0.4) is 0 Å². The Balaban J connectivity index is 2.07. The van der Waals surface area contributed by atoms with Gasteiger partial charge in [-0.25, -0.2) is 4.98 Å². The van der Waals surface area contributed by atoms with Gasteiger partial charge in [-0.1, -0.05) is 12.1 Å². The molecule has 19 heavy (non-hydrogen) atoms. The van der Waals surface area contributed by atoms with Crippen LogP contribution in [0.4, 0.5) is 0 Å². The van der Waals surface area contributed by atoms with Crippen molar-refractivity contribution in [3.63, 3.8) is 0 Å². The van der Waals surface area contributed by atoms with E-state index in [2.05, 4.69) is 32.7 Å². The van der Waals surface area contributed by atoms with Gasteiger partial charge in [-0.2, -0.15) is 5.10 Å². The van der Waals surface area contributed by atoms with Gasteiger partial charge in [-0.15, -0.1) is 0 Å². The fraction of sp³-hybridized carbons (Fsp3) is 0. The first-order valence-electron chi connectivity index (χ1n) is 5.36. The molecule has 2 aromatic rings. The second-order valence-corrected chi connectivity index (χ2v) is 3.89. The smallest absolute Gasteiger partial charge is 0.237 e. The van der Waals surface area contributed by atoms with E-state index in [1.54, 1.807) is 24.7 Å². The summed E-state index contributed by atoms with van der Waals surface area (Å²) < 4.78 is 5.54. The molecule has 2 rings (SSSR count). The van der Waals surface area contributed by atoms with Crippen molar-refractivity contribution in [3.05, 3.63) is 48.4 Å². The molecule has 0 bridgehead atoms. The molecule has 6 nitrogen and oxygen atoms in total. The Labute approximate surface area is 115 Å². The summed E-state index contributed by atoms with van der Waals surface area (Å²) in [5.41, 5.74) is 8.57. The summed E-state index contributed by atoms with van der Waals surface area (Å²) in [6, 6.07) is 7.33. The Morgan fingerprint density at radius 1 is 1.42 bits per heavy atom. The van der Waals surface area contributed by atoms with Crippen LogP contribution in [-0.4, -0.2) is 21.3 Å². The lowest BCUT2D eigenvalue weighted by Crippen LogP contribution is -2.23. The topological polar surface area (TPSA) is 85.4 Å². The van der Waals surface area contributed by atoms with E-state index in [1.807, 2.05) is 18.2 Å². The number of rotatable bonds is 4. The van der Waals surface area contributed by atoms with E-state index in [0.29, 0.717) is 11.6 Å². The monoisotopic (exact) mass is 273 g/mol. The van der Waals surface area contributed by atoms with Crippen molar-refractivity contribution in [2.75, 3.05) is 0 Å². The Kier molecular flexibility index (Phi) is 4.35. The van der Waals surface area contributed by atoms with Gasteiger partial charge in [0.2, 0.25) is 5.88 Å². The normalized spacial score (nSPS) is 10.3. The number of benzene rings is 1. The lowest BCUT2D eigenvalue weighted by atomic mass is 10.2. The van der Waals surface area contributed by atoms with Crippen molar-refractivity contribution in [2.24, 2.45) is 10.8 Å². The lowest BCUT2D eigenvalue weighted by Gasteiger charge is -2.04. The highest BCUT2D eigenvalue weighted by Gasteiger charge is 1.98. The van der Waals surface area contributed by atoms with E-state index >= 15 is 0 Å². The van der Waals surface area contributed by atoms with E-state index in [1.165, 1.54) is 6.20 Å². The van der Waals surface area contributed by atoms with Crippen molar-refractivity contribution in [2.45, 2.75) is 0 Å². The summed E-state index contributed by atoms with van der Waals surface area (Å²) in [6.45, 7) is 0. The van der Waals surface area contributed by atoms with Crippen molar-refractivity contribution in [1.29, 1.82) is 0 Å². The van der Waals surface area contributed by atoms with Gasteiger partial charge in [0.1, 0.15) is 5.75 Å². The predicted molar refractivity (Wildman–Crippen MR) is 76.1 cm³/mol. The molecule has 1 aromatic heterocycles.